The number of nitrogens with one attached hydrogen (secondary N) is 1. The molecular weight excluding hydrogens is 374 g/mol. The van der Waals surface area contributed by atoms with Crippen molar-refractivity contribution in [2.24, 2.45) is 0 Å². The van der Waals surface area contributed by atoms with Gasteiger partial charge in [-0.25, -0.2) is 0 Å². The van der Waals surface area contributed by atoms with Gasteiger partial charge in [0.15, 0.2) is 0 Å². The molecule has 0 unspecified atom stereocenters. The normalized spacial score (nSPS) is 13.6. The van der Waals surface area contributed by atoms with Gasteiger partial charge in [-0.1, -0.05) is 29.8 Å². The fourth-order valence-electron chi connectivity index (χ4n) is 2.68. The molecule has 130 valence electrons. The van der Waals surface area contributed by atoms with Gasteiger partial charge in [0, 0.05) is 11.0 Å². The Morgan fingerprint density at radius 2 is 1.83 bits per heavy atom. The zero-order valence-corrected chi connectivity index (χ0v) is 15.6. The molecule has 0 radical (unpaired) electrons. The summed E-state index contributed by atoms with van der Waals surface area (Å²) in [6, 6.07) is 4.92. The highest BCUT2D eigenvalue weighted by atomic mass is 79.9. The quantitative estimate of drug-likeness (QED) is 0.538. The van der Waals surface area contributed by atoms with E-state index in [1.165, 1.54) is 0 Å². The minimum Gasteiger partial charge on any atom is -0.354 e. The Labute approximate surface area is 150 Å². The van der Waals surface area contributed by atoms with Crippen LogP contribution in [0.15, 0.2) is 22.7 Å². The second-order valence-electron chi connectivity index (χ2n) is 5.62. The van der Waals surface area contributed by atoms with Gasteiger partial charge in [-0.2, -0.15) is 0 Å². The zero-order valence-electron chi connectivity index (χ0n) is 14.0. The predicted octanol–water partition coefficient (Wildman–Crippen LogP) is 1.89. The van der Waals surface area contributed by atoms with Crippen LogP contribution in [0.5, 0.6) is 0 Å². The van der Waals surface area contributed by atoms with Crippen molar-refractivity contribution in [1.82, 2.24) is 15.1 Å². The number of fused-ring (bicyclic) bond motifs is 1. The number of hydrogen-bond donors (Lipinski definition) is 1. The first kappa shape index (κ1) is 18.6. The Bertz CT molecular complexity index is 644. The minimum atomic E-state index is -0.422. The van der Waals surface area contributed by atoms with E-state index in [-0.39, 0.29) is 12.5 Å². The standard InChI is InChI=1S/C17H22BrN3O3/c1-3-20(4-2)9-5-8-19-15(22)11-21-16(23)13-7-6-12(18)10-14(13)17(21)24/h6-7,10H,3-5,8-9,11H2,1-2H3,(H,19,22). The average molecular weight is 396 g/mol. The number of halogens is 1. The van der Waals surface area contributed by atoms with Crippen LogP contribution in [-0.4, -0.2) is 60.2 Å². The number of rotatable bonds is 8. The van der Waals surface area contributed by atoms with Crippen molar-refractivity contribution in [3.05, 3.63) is 33.8 Å². The van der Waals surface area contributed by atoms with Crippen LogP contribution < -0.4 is 5.32 Å². The van der Waals surface area contributed by atoms with Crippen LogP contribution in [0.2, 0.25) is 0 Å². The van der Waals surface area contributed by atoms with Crippen molar-refractivity contribution in [2.75, 3.05) is 32.7 Å². The summed E-state index contributed by atoms with van der Waals surface area (Å²) in [5.74, 6) is -1.15. The number of nitrogens with zero attached hydrogens (tertiary/aromatic N) is 2. The van der Waals surface area contributed by atoms with Crippen LogP contribution in [-0.2, 0) is 4.79 Å². The van der Waals surface area contributed by atoms with Crippen LogP contribution in [0.25, 0.3) is 0 Å². The summed E-state index contributed by atoms with van der Waals surface area (Å²) >= 11 is 3.28. The van der Waals surface area contributed by atoms with Gasteiger partial charge in [0.25, 0.3) is 11.8 Å². The molecule has 1 heterocycles. The molecule has 0 aliphatic carbocycles. The van der Waals surface area contributed by atoms with E-state index >= 15 is 0 Å². The molecule has 1 aliphatic rings. The summed E-state index contributed by atoms with van der Waals surface area (Å²) in [7, 11) is 0. The van der Waals surface area contributed by atoms with E-state index < -0.39 is 11.8 Å². The first-order valence-corrected chi connectivity index (χ1v) is 8.92. The van der Waals surface area contributed by atoms with Crippen molar-refractivity contribution < 1.29 is 14.4 Å². The molecule has 24 heavy (non-hydrogen) atoms. The first-order valence-electron chi connectivity index (χ1n) is 8.12. The molecule has 3 amide bonds. The molecule has 1 aromatic rings. The van der Waals surface area contributed by atoms with Gasteiger partial charge >= 0.3 is 0 Å². The van der Waals surface area contributed by atoms with Gasteiger partial charge in [-0.05, 0) is 44.3 Å². The molecule has 0 atom stereocenters. The molecule has 0 fully saturated rings. The molecule has 1 aromatic carbocycles. The Balaban J connectivity index is 1.85. The van der Waals surface area contributed by atoms with Crippen molar-refractivity contribution in [3.8, 4) is 0 Å². The molecule has 0 bridgehead atoms. The fraction of sp³-hybridized carbons (Fsp3) is 0.471. The summed E-state index contributed by atoms with van der Waals surface area (Å²) in [6.07, 6.45) is 0.836. The smallest absolute Gasteiger partial charge is 0.262 e. The molecule has 0 aromatic heterocycles. The molecule has 0 saturated heterocycles. The number of hydrogen-bond acceptors (Lipinski definition) is 4. The van der Waals surface area contributed by atoms with Crippen LogP contribution in [0, 0.1) is 0 Å². The van der Waals surface area contributed by atoms with Crippen molar-refractivity contribution in [2.45, 2.75) is 20.3 Å². The number of carbonyl (C=O) groups excluding carboxylic acids is 3. The molecule has 7 heteroatoms. The Hall–Kier alpha value is -1.73. The van der Waals surface area contributed by atoms with E-state index in [4.69, 9.17) is 0 Å². The van der Waals surface area contributed by atoms with Gasteiger partial charge in [-0.3, -0.25) is 19.3 Å². The molecule has 6 nitrogen and oxygen atoms in total. The zero-order chi connectivity index (χ0) is 17.7. The lowest BCUT2D eigenvalue weighted by Crippen LogP contribution is -2.41. The van der Waals surface area contributed by atoms with Crippen LogP contribution >= 0.6 is 15.9 Å². The third kappa shape index (κ3) is 4.21. The maximum absolute atomic E-state index is 12.3. The summed E-state index contributed by atoms with van der Waals surface area (Å²) in [6.45, 7) is 7.36. The Morgan fingerprint density at radius 1 is 1.17 bits per heavy atom. The lowest BCUT2D eigenvalue weighted by atomic mass is 10.1. The van der Waals surface area contributed by atoms with Gasteiger partial charge in [-0.15, -0.1) is 0 Å². The van der Waals surface area contributed by atoms with Gasteiger partial charge in [0.1, 0.15) is 6.54 Å². The van der Waals surface area contributed by atoms with Crippen LogP contribution in [0.1, 0.15) is 41.0 Å². The van der Waals surface area contributed by atoms with E-state index in [0.717, 1.165) is 35.4 Å². The fourth-order valence-corrected chi connectivity index (χ4v) is 3.04. The number of benzene rings is 1. The number of carbonyl (C=O) groups is 3. The SMILES string of the molecule is CCN(CC)CCCNC(=O)CN1C(=O)c2ccc(Br)cc2C1=O. The summed E-state index contributed by atoms with van der Waals surface area (Å²) in [5, 5.41) is 2.77. The number of amides is 3. The van der Waals surface area contributed by atoms with E-state index in [0.29, 0.717) is 17.7 Å². The van der Waals surface area contributed by atoms with Gasteiger partial charge in [0.2, 0.25) is 5.91 Å². The average Bonchev–Trinajstić information content (AvgIpc) is 2.79. The lowest BCUT2D eigenvalue weighted by molar-refractivity contribution is -0.121. The predicted molar refractivity (Wildman–Crippen MR) is 94.9 cm³/mol. The molecule has 1 N–H and O–H groups in total. The highest BCUT2D eigenvalue weighted by molar-refractivity contribution is 9.10. The van der Waals surface area contributed by atoms with E-state index in [1.807, 2.05) is 0 Å². The number of imide groups is 1. The maximum atomic E-state index is 12.3. The van der Waals surface area contributed by atoms with Crippen molar-refractivity contribution >= 4 is 33.7 Å². The van der Waals surface area contributed by atoms with E-state index in [1.54, 1.807) is 18.2 Å². The minimum absolute atomic E-state index is 0.241. The Morgan fingerprint density at radius 3 is 2.50 bits per heavy atom. The topological polar surface area (TPSA) is 69.7 Å². The molecular formula is C17H22BrN3O3. The summed E-state index contributed by atoms with van der Waals surface area (Å²) < 4.78 is 0.727. The van der Waals surface area contributed by atoms with Crippen molar-refractivity contribution in [3.63, 3.8) is 0 Å². The molecule has 0 saturated carbocycles. The van der Waals surface area contributed by atoms with Gasteiger partial charge < -0.3 is 10.2 Å². The summed E-state index contributed by atoms with van der Waals surface area (Å²) in [4.78, 5) is 39.8. The molecule has 0 spiro atoms. The Kier molecular flexibility index (Phi) is 6.51. The first-order chi connectivity index (χ1) is 11.5. The van der Waals surface area contributed by atoms with E-state index in [9.17, 15) is 14.4 Å². The van der Waals surface area contributed by atoms with Crippen molar-refractivity contribution in [1.29, 1.82) is 0 Å². The second kappa shape index (κ2) is 8.39. The third-order valence-corrected chi connectivity index (χ3v) is 4.60. The van der Waals surface area contributed by atoms with E-state index in [2.05, 4.69) is 40.0 Å². The highest BCUT2D eigenvalue weighted by Crippen LogP contribution is 2.25. The van der Waals surface area contributed by atoms with Gasteiger partial charge in [0.05, 0.1) is 11.1 Å². The maximum Gasteiger partial charge on any atom is 0.262 e. The summed E-state index contributed by atoms with van der Waals surface area (Å²) in [5.41, 5.74) is 0.682. The highest BCUT2D eigenvalue weighted by Gasteiger charge is 2.36. The van der Waals surface area contributed by atoms with Crippen LogP contribution in [0.4, 0.5) is 0 Å². The second-order valence-corrected chi connectivity index (χ2v) is 6.53. The lowest BCUT2D eigenvalue weighted by Gasteiger charge is -2.18. The molecule has 1 aliphatic heterocycles. The van der Waals surface area contributed by atoms with Crippen LogP contribution in [0.3, 0.4) is 0 Å². The monoisotopic (exact) mass is 395 g/mol. The molecule has 2 rings (SSSR count). The third-order valence-electron chi connectivity index (χ3n) is 4.10. The largest absolute Gasteiger partial charge is 0.354 e.